The number of thioether (sulfide) groups is 1. The lowest BCUT2D eigenvalue weighted by atomic mass is 10.1. The number of rotatable bonds is 5. The lowest BCUT2D eigenvalue weighted by Gasteiger charge is -2.09. The zero-order chi connectivity index (χ0) is 11.3. The van der Waals surface area contributed by atoms with Gasteiger partial charge in [0.2, 0.25) is 0 Å². The monoisotopic (exact) mass is 223 g/mol. The second-order valence-corrected chi connectivity index (χ2v) is 5.18. The number of aryl methyl sites for hydroxylation is 1. The van der Waals surface area contributed by atoms with Gasteiger partial charge < -0.3 is 5.32 Å². The molecule has 0 saturated carbocycles. The number of hydrogen-bond acceptors (Lipinski definition) is 2. The Morgan fingerprint density at radius 1 is 1.33 bits per heavy atom. The van der Waals surface area contributed by atoms with Gasteiger partial charge in [-0.2, -0.15) is 0 Å². The van der Waals surface area contributed by atoms with E-state index in [-0.39, 0.29) is 0 Å². The molecule has 0 radical (unpaired) electrons. The van der Waals surface area contributed by atoms with Crippen LogP contribution in [0.5, 0.6) is 0 Å². The molecule has 1 nitrogen and oxygen atoms in total. The van der Waals surface area contributed by atoms with E-state index in [1.807, 2.05) is 11.8 Å². The Morgan fingerprint density at radius 3 is 2.60 bits per heavy atom. The van der Waals surface area contributed by atoms with E-state index >= 15 is 0 Å². The van der Waals surface area contributed by atoms with Gasteiger partial charge in [0.25, 0.3) is 0 Å². The van der Waals surface area contributed by atoms with Crippen LogP contribution in [0.15, 0.2) is 23.1 Å². The molecule has 0 aliphatic heterocycles. The highest BCUT2D eigenvalue weighted by atomic mass is 32.2. The standard InChI is InChI=1S/C13H21NS/c1-10(2)8-14-9-12-5-6-13(15-4)11(3)7-12/h5-7,10,14H,8-9H2,1-4H3. The van der Waals surface area contributed by atoms with Crippen molar-refractivity contribution in [2.24, 2.45) is 5.92 Å². The van der Waals surface area contributed by atoms with Gasteiger partial charge in [0.1, 0.15) is 0 Å². The third-order valence-corrected chi connectivity index (χ3v) is 3.24. The molecule has 1 rings (SSSR count). The lowest BCUT2D eigenvalue weighted by Crippen LogP contribution is -2.18. The van der Waals surface area contributed by atoms with Gasteiger partial charge in [0.15, 0.2) is 0 Å². The van der Waals surface area contributed by atoms with Crippen LogP contribution in [0.25, 0.3) is 0 Å². The van der Waals surface area contributed by atoms with Crippen molar-refractivity contribution in [2.45, 2.75) is 32.2 Å². The van der Waals surface area contributed by atoms with Gasteiger partial charge in [-0.25, -0.2) is 0 Å². The first-order chi connectivity index (χ1) is 7.13. The maximum atomic E-state index is 3.46. The predicted octanol–water partition coefficient (Wildman–Crippen LogP) is 3.46. The first kappa shape index (κ1) is 12.6. The van der Waals surface area contributed by atoms with Crippen molar-refractivity contribution >= 4 is 11.8 Å². The molecular formula is C13H21NS. The van der Waals surface area contributed by atoms with Crippen LogP contribution in [0.4, 0.5) is 0 Å². The summed E-state index contributed by atoms with van der Waals surface area (Å²) >= 11 is 1.81. The maximum Gasteiger partial charge on any atom is 0.0205 e. The van der Waals surface area contributed by atoms with Crippen molar-refractivity contribution in [2.75, 3.05) is 12.8 Å². The summed E-state index contributed by atoms with van der Waals surface area (Å²) in [7, 11) is 0. The highest BCUT2D eigenvalue weighted by Gasteiger charge is 1.99. The number of nitrogens with one attached hydrogen (secondary N) is 1. The fraction of sp³-hybridized carbons (Fsp3) is 0.538. The molecule has 1 N–H and O–H groups in total. The first-order valence-corrected chi connectivity index (χ1v) is 6.70. The zero-order valence-electron chi connectivity index (χ0n) is 10.1. The van der Waals surface area contributed by atoms with Crippen LogP contribution in [0.2, 0.25) is 0 Å². The topological polar surface area (TPSA) is 12.0 Å². The molecule has 15 heavy (non-hydrogen) atoms. The van der Waals surface area contributed by atoms with Crippen LogP contribution in [0, 0.1) is 12.8 Å². The van der Waals surface area contributed by atoms with Crippen molar-refractivity contribution < 1.29 is 0 Å². The Bertz CT molecular complexity index is 307. The van der Waals surface area contributed by atoms with E-state index in [1.54, 1.807) is 0 Å². The molecule has 0 amide bonds. The third-order valence-electron chi connectivity index (χ3n) is 2.34. The molecule has 1 aromatic carbocycles. The van der Waals surface area contributed by atoms with E-state index in [4.69, 9.17) is 0 Å². The second-order valence-electron chi connectivity index (χ2n) is 4.33. The SMILES string of the molecule is CSc1ccc(CNCC(C)C)cc1C. The predicted molar refractivity (Wildman–Crippen MR) is 69.5 cm³/mol. The largest absolute Gasteiger partial charge is 0.312 e. The second kappa shape index (κ2) is 6.19. The van der Waals surface area contributed by atoms with Crippen LogP contribution in [0.3, 0.4) is 0 Å². The summed E-state index contributed by atoms with van der Waals surface area (Å²) < 4.78 is 0. The van der Waals surface area contributed by atoms with Gasteiger partial charge in [-0.1, -0.05) is 26.0 Å². The Morgan fingerprint density at radius 2 is 2.07 bits per heavy atom. The molecular weight excluding hydrogens is 202 g/mol. The smallest absolute Gasteiger partial charge is 0.0205 e. The Labute approximate surface area is 97.7 Å². The van der Waals surface area contributed by atoms with Gasteiger partial charge in [0, 0.05) is 11.4 Å². The third kappa shape index (κ3) is 4.27. The van der Waals surface area contributed by atoms with Crippen molar-refractivity contribution in [1.82, 2.24) is 5.32 Å². The van der Waals surface area contributed by atoms with Crippen LogP contribution in [-0.2, 0) is 6.54 Å². The average molecular weight is 223 g/mol. The zero-order valence-corrected chi connectivity index (χ0v) is 10.9. The number of benzene rings is 1. The molecule has 0 spiro atoms. The lowest BCUT2D eigenvalue weighted by molar-refractivity contribution is 0.552. The summed E-state index contributed by atoms with van der Waals surface area (Å²) in [5.74, 6) is 0.719. The summed E-state index contributed by atoms with van der Waals surface area (Å²) in [6, 6.07) is 6.71. The highest BCUT2D eigenvalue weighted by molar-refractivity contribution is 7.98. The maximum absolute atomic E-state index is 3.46. The van der Waals surface area contributed by atoms with Crippen molar-refractivity contribution in [3.8, 4) is 0 Å². The molecule has 0 aliphatic carbocycles. The minimum absolute atomic E-state index is 0.719. The molecule has 0 aliphatic rings. The van der Waals surface area contributed by atoms with E-state index in [1.165, 1.54) is 16.0 Å². The van der Waals surface area contributed by atoms with Crippen molar-refractivity contribution in [1.29, 1.82) is 0 Å². The van der Waals surface area contributed by atoms with E-state index in [9.17, 15) is 0 Å². The molecule has 0 heterocycles. The average Bonchev–Trinajstić information content (AvgIpc) is 2.17. The fourth-order valence-electron chi connectivity index (χ4n) is 1.56. The Hall–Kier alpha value is -0.470. The van der Waals surface area contributed by atoms with Crippen LogP contribution < -0.4 is 5.32 Å². The normalized spacial score (nSPS) is 11.0. The number of hydrogen-bond donors (Lipinski definition) is 1. The molecule has 0 fully saturated rings. The summed E-state index contributed by atoms with van der Waals surface area (Å²) in [4.78, 5) is 1.38. The van der Waals surface area contributed by atoms with Gasteiger partial charge >= 0.3 is 0 Å². The van der Waals surface area contributed by atoms with Crippen LogP contribution in [-0.4, -0.2) is 12.8 Å². The summed E-state index contributed by atoms with van der Waals surface area (Å²) in [5.41, 5.74) is 2.76. The highest BCUT2D eigenvalue weighted by Crippen LogP contribution is 2.20. The Balaban J connectivity index is 2.52. The van der Waals surface area contributed by atoms with Crippen molar-refractivity contribution in [3.05, 3.63) is 29.3 Å². The minimum atomic E-state index is 0.719. The molecule has 0 saturated heterocycles. The molecule has 0 bridgehead atoms. The van der Waals surface area contributed by atoms with Gasteiger partial charge in [-0.3, -0.25) is 0 Å². The van der Waals surface area contributed by atoms with E-state index in [0.717, 1.165) is 19.0 Å². The van der Waals surface area contributed by atoms with E-state index in [0.29, 0.717) is 0 Å². The van der Waals surface area contributed by atoms with Crippen LogP contribution >= 0.6 is 11.8 Å². The summed E-state index contributed by atoms with van der Waals surface area (Å²) in [5, 5.41) is 3.46. The quantitative estimate of drug-likeness (QED) is 0.767. The minimum Gasteiger partial charge on any atom is -0.312 e. The summed E-state index contributed by atoms with van der Waals surface area (Å²) in [6.07, 6.45) is 2.12. The van der Waals surface area contributed by atoms with Gasteiger partial charge in [0.05, 0.1) is 0 Å². The van der Waals surface area contributed by atoms with Gasteiger partial charge in [-0.15, -0.1) is 11.8 Å². The van der Waals surface area contributed by atoms with E-state index < -0.39 is 0 Å². The molecule has 1 aromatic rings. The summed E-state index contributed by atoms with van der Waals surface area (Å²) in [6.45, 7) is 8.71. The molecule has 84 valence electrons. The first-order valence-electron chi connectivity index (χ1n) is 5.47. The molecule has 0 unspecified atom stereocenters. The van der Waals surface area contributed by atoms with Crippen LogP contribution in [0.1, 0.15) is 25.0 Å². The molecule has 2 heteroatoms. The fourth-order valence-corrected chi connectivity index (χ4v) is 2.14. The van der Waals surface area contributed by atoms with E-state index in [2.05, 4.69) is 50.5 Å². The van der Waals surface area contributed by atoms with Gasteiger partial charge in [-0.05, 0) is 42.8 Å². The molecule has 0 atom stereocenters. The molecule has 0 aromatic heterocycles. The Kier molecular flexibility index (Phi) is 5.20. The van der Waals surface area contributed by atoms with Crippen molar-refractivity contribution in [3.63, 3.8) is 0 Å².